The summed E-state index contributed by atoms with van der Waals surface area (Å²) in [5, 5.41) is 14.7. The van der Waals surface area contributed by atoms with Crippen molar-refractivity contribution in [1.82, 2.24) is 13.9 Å². The minimum atomic E-state index is -3.75. The van der Waals surface area contributed by atoms with E-state index in [0.717, 1.165) is 30.9 Å². The Morgan fingerprint density at radius 3 is 2.61 bits per heavy atom. The van der Waals surface area contributed by atoms with Crippen molar-refractivity contribution in [2.24, 2.45) is 0 Å². The second-order valence-corrected chi connectivity index (χ2v) is 9.40. The summed E-state index contributed by atoms with van der Waals surface area (Å²) in [5.41, 5.74) is 1.63. The fourth-order valence-electron chi connectivity index (χ4n) is 3.68. The molecule has 9 nitrogen and oxygen atoms in total. The van der Waals surface area contributed by atoms with Gasteiger partial charge in [0.25, 0.3) is 5.69 Å². The van der Waals surface area contributed by atoms with Crippen molar-refractivity contribution < 1.29 is 13.3 Å². The summed E-state index contributed by atoms with van der Waals surface area (Å²) in [6.45, 7) is 1.50. The van der Waals surface area contributed by atoms with Gasteiger partial charge in [0.15, 0.2) is 0 Å². The van der Waals surface area contributed by atoms with Gasteiger partial charge in [-0.05, 0) is 42.7 Å². The monoisotopic (exact) mass is 441 g/mol. The Morgan fingerprint density at radius 2 is 1.90 bits per heavy atom. The Labute approximate surface area is 180 Å². The summed E-state index contributed by atoms with van der Waals surface area (Å²) in [6.07, 6.45) is 7.87. The van der Waals surface area contributed by atoms with E-state index in [2.05, 4.69) is 10.3 Å². The third-order valence-corrected chi connectivity index (χ3v) is 7.14. The number of aromatic nitrogens is 2. The second-order valence-electron chi connectivity index (χ2n) is 7.46. The lowest BCUT2D eigenvalue weighted by Gasteiger charge is -2.25. The number of nitro groups is 1. The van der Waals surface area contributed by atoms with E-state index in [1.54, 1.807) is 18.6 Å². The first kappa shape index (κ1) is 21.0. The molecule has 1 aromatic heterocycles. The Bertz CT molecular complexity index is 1170. The van der Waals surface area contributed by atoms with Gasteiger partial charge in [-0.15, -0.1) is 0 Å². The van der Waals surface area contributed by atoms with Gasteiger partial charge in [0.05, 0.1) is 16.1 Å². The van der Waals surface area contributed by atoms with Crippen LogP contribution in [-0.2, 0) is 16.6 Å². The number of hydrogen-bond donors (Lipinski definition) is 1. The Kier molecular flexibility index (Phi) is 6.01. The first-order valence-electron chi connectivity index (χ1n) is 10.0. The molecule has 0 atom stereocenters. The van der Waals surface area contributed by atoms with Gasteiger partial charge in [-0.2, -0.15) is 4.31 Å². The number of nitrogens with one attached hydrogen (secondary N) is 1. The minimum Gasteiger partial charge on any atom is -0.350 e. The van der Waals surface area contributed by atoms with Crippen LogP contribution in [0, 0.1) is 10.1 Å². The average Bonchev–Trinajstić information content (AvgIpc) is 3.27. The molecular formula is C21H23N5O4S. The maximum absolute atomic E-state index is 12.9. The molecule has 2 heterocycles. The highest BCUT2D eigenvalue weighted by Gasteiger charge is 2.28. The fraction of sp³-hybridized carbons (Fsp3) is 0.286. The van der Waals surface area contributed by atoms with E-state index in [1.165, 1.54) is 16.4 Å². The number of hydrogen-bond acceptors (Lipinski definition) is 6. The highest BCUT2D eigenvalue weighted by Crippen LogP contribution is 2.32. The third kappa shape index (κ3) is 4.75. The molecule has 0 bridgehead atoms. The Balaban J connectivity index is 1.60. The van der Waals surface area contributed by atoms with Crippen molar-refractivity contribution >= 4 is 27.1 Å². The molecule has 0 radical (unpaired) electrons. The van der Waals surface area contributed by atoms with E-state index in [0.29, 0.717) is 25.3 Å². The van der Waals surface area contributed by atoms with Gasteiger partial charge in [-0.1, -0.05) is 18.6 Å². The van der Waals surface area contributed by atoms with Crippen LogP contribution in [0.1, 0.15) is 24.8 Å². The molecule has 10 heteroatoms. The van der Waals surface area contributed by atoms with Crippen LogP contribution in [0.4, 0.5) is 17.1 Å². The summed E-state index contributed by atoms with van der Waals surface area (Å²) in [7, 11) is -3.75. The quantitative estimate of drug-likeness (QED) is 0.442. The van der Waals surface area contributed by atoms with Gasteiger partial charge in [-0.25, -0.2) is 13.4 Å². The maximum atomic E-state index is 12.9. The topological polar surface area (TPSA) is 110 Å². The predicted molar refractivity (Wildman–Crippen MR) is 117 cm³/mol. The summed E-state index contributed by atoms with van der Waals surface area (Å²) < 4.78 is 29.1. The molecular weight excluding hydrogens is 418 g/mol. The number of anilines is 2. The van der Waals surface area contributed by atoms with Crippen LogP contribution >= 0.6 is 0 Å². The van der Waals surface area contributed by atoms with Crippen LogP contribution in [0.3, 0.4) is 0 Å². The number of nitro benzene ring substituents is 1. The number of benzene rings is 2. The van der Waals surface area contributed by atoms with Crippen molar-refractivity contribution in [3.05, 3.63) is 76.9 Å². The van der Waals surface area contributed by atoms with Crippen LogP contribution < -0.4 is 5.32 Å². The molecule has 162 valence electrons. The lowest BCUT2D eigenvalue weighted by molar-refractivity contribution is -0.384. The summed E-state index contributed by atoms with van der Waals surface area (Å²) in [6, 6.07) is 11.5. The zero-order valence-corrected chi connectivity index (χ0v) is 17.7. The van der Waals surface area contributed by atoms with Crippen LogP contribution in [0.5, 0.6) is 0 Å². The third-order valence-electron chi connectivity index (χ3n) is 5.25. The molecule has 0 saturated carbocycles. The van der Waals surface area contributed by atoms with Crippen LogP contribution in [0.15, 0.2) is 66.1 Å². The molecule has 1 aliphatic rings. The first-order valence-corrected chi connectivity index (χ1v) is 11.5. The normalized spacial score (nSPS) is 15.0. The van der Waals surface area contributed by atoms with Gasteiger partial charge >= 0.3 is 0 Å². The molecule has 0 unspecified atom stereocenters. The number of sulfonamides is 1. The molecule has 1 fully saturated rings. The lowest BCUT2D eigenvalue weighted by Crippen LogP contribution is -2.35. The smallest absolute Gasteiger partial charge is 0.294 e. The van der Waals surface area contributed by atoms with E-state index >= 15 is 0 Å². The molecule has 2 aromatic carbocycles. The molecule has 0 amide bonds. The summed E-state index contributed by atoms with van der Waals surface area (Å²) in [4.78, 5) is 15.1. The Hall–Kier alpha value is -3.24. The summed E-state index contributed by atoms with van der Waals surface area (Å²) >= 11 is 0. The van der Waals surface area contributed by atoms with Gasteiger partial charge in [0.2, 0.25) is 10.0 Å². The van der Waals surface area contributed by atoms with E-state index in [4.69, 9.17) is 0 Å². The molecule has 1 saturated heterocycles. The van der Waals surface area contributed by atoms with Crippen molar-refractivity contribution in [2.45, 2.75) is 30.7 Å². The van der Waals surface area contributed by atoms with Gasteiger partial charge in [0.1, 0.15) is 5.69 Å². The van der Waals surface area contributed by atoms with Crippen LogP contribution in [0.2, 0.25) is 0 Å². The largest absolute Gasteiger partial charge is 0.350 e. The molecule has 4 rings (SSSR count). The lowest BCUT2D eigenvalue weighted by atomic mass is 10.2. The molecule has 3 aromatic rings. The number of piperidine rings is 1. The number of rotatable bonds is 7. The molecule has 31 heavy (non-hydrogen) atoms. The SMILES string of the molecule is O=[N+]([O-])c1cc(S(=O)(=O)N2CCCCC2)ccc1Nc1cccc(Cn2ccnc2)c1. The van der Waals surface area contributed by atoms with Gasteiger partial charge < -0.3 is 9.88 Å². The minimum absolute atomic E-state index is 0.0551. The molecule has 1 N–H and O–H groups in total. The average molecular weight is 442 g/mol. The highest BCUT2D eigenvalue weighted by molar-refractivity contribution is 7.89. The van der Waals surface area contributed by atoms with Crippen molar-refractivity contribution in [1.29, 1.82) is 0 Å². The number of nitrogens with zero attached hydrogens (tertiary/aromatic N) is 4. The van der Waals surface area contributed by atoms with E-state index in [-0.39, 0.29) is 16.3 Å². The Morgan fingerprint density at radius 1 is 1.10 bits per heavy atom. The number of imidazole rings is 1. The fourth-order valence-corrected chi connectivity index (χ4v) is 5.21. The van der Waals surface area contributed by atoms with Gasteiger partial charge in [0, 0.05) is 43.8 Å². The van der Waals surface area contributed by atoms with Crippen molar-refractivity contribution in [2.75, 3.05) is 18.4 Å². The predicted octanol–water partition coefficient (Wildman–Crippen LogP) is 3.76. The molecule has 0 aliphatic carbocycles. The zero-order chi connectivity index (χ0) is 21.8. The van der Waals surface area contributed by atoms with Gasteiger partial charge in [-0.3, -0.25) is 10.1 Å². The first-order chi connectivity index (χ1) is 14.9. The van der Waals surface area contributed by atoms with Crippen LogP contribution in [-0.4, -0.2) is 40.3 Å². The summed E-state index contributed by atoms with van der Waals surface area (Å²) in [5.74, 6) is 0. The van der Waals surface area contributed by atoms with E-state index in [9.17, 15) is 18.5 Å². The molecule has 0 spiro atoms. The standard InChI is InChI=1S/C21H23N5O4S/c27-26(28)21-14-19(31(29,30)25-10-2-1-3-11-25)7-8-20(21)23-18-6-4-5-17(13-18)15-24-12-9-22-16-24/h4-9,12-14,16,23H,1-3,10-11,15H2. The highest BCUT2D eigenvalue weighted by atomic mass is 32.2. The molecule has 1 aliphatic heterocycles. The van der Waals surface area contributed by atoms with Crippen molar-refractivity contribution in [3.8, 4) is 0 Å². The van der Waals surface area contributed by atoms with Crippen molar-refractivity contribution in [3.63, 3.8) is 0 Å². The second kappa shape index (κ2) is 8.86. The van der Waals surface area contributed by atoms with Crippen LogP contribution in [0.25, 0.3) is 0 Å². The van der Waals surface area contributed by atoms with E-state index < -0.39 is 14.9 Å². The maximum Gasteiger partial charge on any atom is 0.294 e. The zero-order valence-electron chi connectivity index (χ0n) is 16.8. The van der Waals surface area contributed by atoms with E-state index in [1.807, 2.05) is 29.0 Å².